The molecule has 0 aromatic carbocycles. The zero-order valence-corrected chi connectivity index (χ0v) is 14.0. The molecule has 0 heterocycles. The Morgan fingerprint density at radius 2 is 1.81 bits per heavy atom. The molecule has 0 amide bonds. The Labute approximate surface area is 130 Å². The largest absolute Gasteiger partial charge is 0.394 e. The summed E-state index contributed by atoms with van der Waals surface area (Å²) in [6.45, 7) is 6.25. The maximum Gasteiger partial charge on any atom is 0.0614 e. The second-order valence-corrected chi connectivity index (χ2v) is 8.28. The number of nitrogens with zero attached hydrogens (tertiary/aromatic N) is 1. The summed E-state index contributed by atoms with van der Waals surface area (Å²) in [5, 5.41) is 13.7. The molecule has 0 aromatic rings. The van der Waals surface area contributed by atoms with Gasteiger partial charge >= 0.3 is 0 Å². The number of nitrogens with one attached hydrogen (secondary N) is 1. The lowest BCUT2D eigenvalue weighted by Gasteiger charge is -2.37. The Morgan fingerprint density at radius 1 is 1.10 bits per heavy atom. The minimum absolute atomic E-state index is 0.0274. The van der Waals surface area contributed by atoms with E-state index in [2.05, 4.69) is 24.1 Å². The lowest BCUT2D eigenvalue weighted by molar-refractivity contribution is 0.102. The molecule has 0 aromatic heterocycles. The highest BCUT2D eigenvalue weighted by molar-refractivity contribution is 5.04. The zero-order valence-electron chi connectivity index (χ0n) is 14.0. The van der Waals surface area contributed by atoms with Crippen LogP contribution in [0.25, 0.3) is 0 Å². The third-order valence-corrected chi connectivity index (χ3v) is 5.81. The molecule has 3 fully saturated rings. The van der Waals surface area contributed by atoms with E-state index in [-0.39, 0.29) is 5.54 Å². The van der Waals surface area contributed by atoms with E-state index in [1.165, 1.54) is 51.5 Å². The molecule has 3 heteroatoms. The third-order valence-electron chi connectivity index (χ3n) is 5.81. The predicted octanol–water partition coefficient (Wildman–Crippen LogP) is 2.92. The van der Waals surface area contributed by atoms with Gasteiger partial charge in [-0.15, -0.1) is 0 Å². The topological polar surface area (TPSA) is 35.5 Å². The van der Waals surface area contributed by atoms with Crippen molar-refractivity contribution < 1.29 is 5.11 Å². The SMILES string of the molecule is CC(C)CN(C1CCCC1)C1CCC(CO)(NC2CC2)C1. The molecule has 0 bridgehead atoms. The normalized spacial score (nSPS) is 34.4. The Balaban J connectivity index is 1.64. The van der Waals surface area contributed by atoms with Crippen molar-refractivity contribution in [1.29, 1.82) is 0 Å². The van der Waals surface area contributed by atoms with Crippen molar-refractivity contribution in [3.63, 3.8) is 0 Å². The fourth-order valence-electron chi connectivity index (χ4n) is 4.62. The van der Waals surface area contributed by atoms with E-state index >= 15 is 0 Å². The quantitative estimate of drug-likeness (QED) is 0.758. The zero-order chi connectivity index (χ0) is 14.9. The van der Waals surface area contributed by atoms with Gasteiger partial charge in [-0.1, -0.05) is 26.7 Å². The molecule has 2 N–H and O–H groups in total. The first-order valence-corrected chi connectivity index (χ1v) is 9.26. The van der Waals surface area contributed by atoms with Crippen LogP contribution < -0.4 is 5.32 Å². The van der Waals surface area contributed by atoms with Crippen LogP contribution in [-0.2, 0) is 0 Å². The van der Waals surface area contributed by atoms with Crippen LogP contribution in [0, 0.1) is 5.92 Å². The number of aliphatic hydroxyl groups excluding tert-OH is 1. The van der Waals surface area contributed by atoms with Crippen molar-refractivity contribution in [3.8, 4) is 0 Å². The Bertz CT molecular complexity index is 336. The van der Waals surface area contributed by atoms with Crippen LogP contribution in [0.1, 0.15) is 71.6 Å². The van der Waals surface area contributed by atoms with Crippen LogP contribution in [-0.4, -0.2) is 46.8 Å². The van der Waals surface area contributed by atoms with Gasteiger partial charge in [0.05, 0.1) is 6.61 Å². The number of hydrogen-bond donors (Lipinski definition) is 2. The van der Waals surface area contributed by atoms with Gasteiger partial charge in [0.25, 0.3) is 0 Å². The average Bonchev–Trinajstić information content (AvgIpc) is 2.94. The van der Waals surface area contributed by atoms with E-state index in [4.69, 9.17) is 0 Å². The van der Waals surface area contributed by atoms with Crippen LogP contribution in [0.3, 0.4) is 0 Å². The van der Waals surface area contributed by atoms with E-state index in [0.717, 1.165) is 24.8 Å². The standard InChI is InChI=1S/C18H34N2O/c1-14(2)12-20(16-5-3-4-6-16)17-9-10-18(11-17,13-21)19-15-7-8-15/h14-17,19,21H,3-13H2,1-2H3. The summed E-state index contributed by atoms with van der Waals surface area (Å²) in [5.41, 5.74) is 0.0274. The van der Waals surface area contributed by atoms with Gasteiger partial charge in [-0.3, -0.25) is 4.90 Å². The molecular weight excluding hydrogens is 260 g/mol. The Hall–Kier alpha value is -0.120. The molecule has 3 rings (SSSR count). The molecule has 2 atom stereocenters. The summed E-state index contributed by atoms with van der Waals surface area (Å²) in [4.78, 5) is 2.82. The second-order valence-electron chi connectivity index (χ2n) is 8.28. The van der Waals surface area contributed by atoms with Gasteiger partial charge in [-0.05, 0) is 50.9 Å². The summed E-state index contributed by atoms with van der Waals surface area (Å²) >= 11 is 0. The summed E-state index contributed by atoms with van der Waals surface area (Å²) in [6.07, 6.45) is 11.8. The molecule has 0 radical (unpaired) electrons. The average molecular weight is 294 g/mol. The highest BCUT2D eigenvalue weighted by Gasteiger charge is 2.44. The first kappa shape index (κ1) is 15.8. The third kappa shape index (κ3) is 3.80. The fourth-order valence-corrected chi connectivity index (χ4v) is 4.62. The van der Waals surface area contributed by atoms with Gasteiger partial charge in [-0.2, -0.15) is 0 Å². The smallest absolute Gasteiger partial charge is 0.0614 e. The number of aliphatic hydroxyl groups is 1. The van der Waals surface area contributed by atoms with E-state index in [0.29, 0.717) is 18.7 Å². The Morgan fingerprint density at radius 3 is 2.38 bits per heavy atom. The first-order valence-electron chi connectivity index (χ1n) is 9.26. The minimum Gasteiger partial charge on any atom is -0.394 e. The highest BCUT2D eigenvalue weighted by atomic mass is 16.3. The van der Waals surface area contributed by atoms with Gasteiger partial charge < -0.3 is 10.4 Å². The number of rotatable bonds is 7. The molecule has 122 valence electrons. The molecule has 3 aliphatic rings. The van der Waals surface area contributed by atoms with Crippen molar-refractivity contribution >= 4 is 0 Å². The van der Waals surface area contributed by atoms with Crippen molar-refractivity contribution in [2.24, 2.45) is 5.92 Å². The fraction of sp³-hybridized carbons (Fsp3) is 1.00. The Kier molecular flexibility index (Phi) is 4.92. The van der Waals surface area contributed by atoms with Crippen molar-refractivity contribution in [2.45, 2.75) is 95.3 Å². The van der Waals surface area contributed by atoms with Crippen LogP contribution in [0.15, 0.2) is 0 Å². The van der Waals surface area contributed by atoms with E-state index in [9.17, 15) is 5.11 Å². The van der Waals surface area contributed by atoms with Gasteiger partial charge in [0.15, 0.2) is 0 Å². The van der Waals surface area contributed by atoms with E-state index < -0.39 is 0 Å². The van der Waals surface area contributed by atoms with Crippen molar-refractivity contribution in [2.75, 3.05) is 13.2 Å². The van der Waals surface area contributed by atoms with Gasteiger partial charge in [0.1, 0.15) is 0 Å². The second kappa shape index (κ2) is 6.55. The molecule has 0 spiro atoms. The van der Waals surface area contributed by atoms with Gasteiger partial charge in [0, 0.05) is 30.2 Å². The summed E-state index contributed by atoms with van der Waals surface area (Å²) < 4.78 is 0. The summed E-state index contributed by atoms with van der Waals surface area (Å²) in [7, 11) is 0. The number of hydrogen-bond acceptors (Lipinski definition) is 3. The molecule has 2 unspecified atom stereocenters. The molecule has 0 aliphatic heterocycles. The summed E-state index contributed by atoms with van der Waals surface area (Å²) in [6, 6.07) is 2.20. The van der Waals surface area contributed by atoms with E-state index in [1.807, 2.05) is 0 Å². The predicted molar refractivity (Wildman–Crippen MR) is 87.4 cm³/mol. The van der Waals surface area contributed by atoms with Crippen LogP contribution >= 0.6 is 0 Å². The van der Waals surface area contributed by atoms with Gasteiger partial charge in [-0.25, -0.2) is 0 Å². The van der Waals surface area contributed by atoms with Crippen LogP contribution in [0.4, 0.5) is 0 Å². The van der Waals surface area contributed by atoms with Crippen molar-refractivity contribution in [3.05, 3.63) is 0 Å². The van der Waals surface area contributed by atoms with E-state index in [1.54, 1.807) is 0 Å². The monoisotopic (exact) mass is 294 g/mol. The molecule has 21 heavy (non-hydrogen) atoms. The molecule has 3 nitrogen and oxygen atoms in total. The molecule has 0 saturated heterocycles. The summed E-state index contributed by atoms with van der Waals surface area (Å²) in [5.74, 6) is 0.742. The lowest BCUT2D eigenvalue weighted by Crippen LogP contribution is -2.50. The molecule has 3 saturated carbocycles. The maximum absolute atomic E-state index is 9.96. The molecular formula is C18H34N2O. The minimum atomic E-state index is 0.0274. The van der Waals surface area contributed by atoms with Crippen LogP contribution in [0.5, 0.6) is 0 Å². The highest BCUT2D eigenvalue weighted by Crippen LogP contribution is 2.39. The van der Waals surface area contributed by atoms with Crippen molar-refractivity contribution in [1.82, 2.24) is 10.2 Å². The van der Waals surface area contributed by atoms with Gasteiger partial charge in [0.2, 0.25) is 0 Å². The molecule has 3 aliphatic carbocycles. The maximum atomic E-state index is 9.96. The lowest BCUT2D eigenvalue weighted by atomic mass is 9.97. The van der Waals surface area contributed by atoms with Crippen LogP contribution in [0.2, 0.25) is 0 Å². The first-order chi connectivity index (χ1) is 10.1.